The summed E-state index contributed by atoms with van der Waals surface area (Å²) in [5, 5.41) is 0. The first kappa shape index (κ1) is 18.2. The Bertz CT molecular complexity index is 1100. The third kappa shape index (κ3) is 2.80. The Labute approximate surface area is 151 Å². The number of halogens is 1. The van der Waals surface area contributed by atoms with Crippen LogP contribution in [0.2, 0.25) is 0 Å². The van der Waals surface area contributed by atoms with Crippen LogP contribution in [0.15, 0.2) is 41.6 Å². The number of fused-ring (bicyclic) bond motifs is 1. The van der Waals surface area contributed by atoms with Gasteiger partial charge in [-0.25, -0.2) is 17.8 Å². The van der Waals surface area contributed by atoms with Crippen LogP contribution in [-0.4, -0.2) is 29.7 Å². The van der Waals surface area contributed by atoms with Crippen LogP contribution >= 0.6 is 0 Å². The van der Waals surface area contributed by atoms with Gasteiger partial charge in [-0.1, -0.05) is 6.07 Å². The Morgan fingerprint density at radius 1 is 1.23 bits per heavy atom. The summed E-state index contributed by atoms with van der Waals surface area (Å²) in [6.45, 7) is 4.86. The number of methoxy groups -OCH3 is 1. The van der Waals surface area contributed by atoms with Crippen molar-refractivity contribution in [3.63, 3.8) is 0 Å². The average Bonchev–Trinajstić information content (AvgIpc) is 2.98. The highest BCUT2D eigenvalue weighted by Crippen LogP contribution is 2.34. The van der Waals surface area contributed by atoms with Crippen molar-refractivity contribution in [2.75, 3.05) is 12.8 Å². The number of benzene rings is 1. The van der Waals surface area contributed by atoms with Gasteiger partial charge in [0.05, 0.1) is 29.4 Å². The van der Waals surface area contributed by atoms with E-state index >= 15 is 0 Å². The van der Waals surface area contributed by atoms with Crippen LogP contribution in [0.3, 0.4) is 0 Å². The van der Waals surface area contributed by atoms with Crippen molar-refractivity contribution in [3.8, 4) is 17.0 Å². The molecule has 0 bridgehead atoms. The van der Waals surface area contributed by atoms with Crippen LogP contribution in [0, 0.1) is 5.82 Å². The van der Waals surface area contributed by atoms with Gasteiger partial charge >= 0.3 is 0 Å². The van der Waals surface area contributed by atoms with E-state index in [9.17, 15) is 12.8 Å². The maximum absolute atomic E-state index is 13.8. The molecule has 2 N–H and O–H groups in total. The zero-order valence-corrected chi connectivity index (χ0v) is 15.8. The number of sulfone groups is 1. The van der Waals surface area contributed by atoms with Gasteiger partial charge < -0.3 is 10.5 Å². The number of ether oxygens (including phenoxy) is 1. The molecule has 3 rings (SSSR count). The minimum absolute atomic E-state index is 0.0419. The normalized spacial score (nSPS) is 12.5. The number of rotatable bonds is 3. The molecule has 0 aliphatic rings. The molecule has 0 amide bonds. The molecule has 0 radical (unpaired) electrons. The monoisotopic (exact) mass is 377 g/mol. The smallest absolute Gasteiger partial charge is 0.188 e. The number of aromatic nitrogens is 2. The molecule has 1 aromatic carbocycles. The number of hydrogen-bond donors (Lipinski definition) is 1. The summed E-state index contributed by atoms with van der Waals surface area (Å²) >= 11 is 0. The van der Waals surface area contributed by atoms with Crippen LogP contribution in [0.5, 0.6) is 5.75 Å². The van der Waals surface area contributed by atoms with Crippen molar-refractivity contribution in [2.45, 2.75) is 30.4 Å². The van der Waals surface area contributed by atoms with E-state index < -0.39 is 20.4 Å². The summed E-state index contributed by atoms with van der Waals surface area (Å²) in [5.41, 5.74) is 7.14. The number of nitrogens with zero attached hydrogens (tertiary/aromatic N) is 2. The van der Waals surface area contributed by atoms with E-state index in [0.29, 0.717) is 16.9 Å². The lowest BCUT2D eigenvalue weighted by atomic mass is 10.1. The fourth-order valence-corrected chi connectivity index (χ4v) is 3.89. The summed E-state index contributed by atoms with van der Waals surface area (Å²) in [4.78, 5) is 4.33. The van der Waals surface area contributed by atoms with E-state index in [1.165, 1.54) is 25.4 Å². The lowest BCUT2D eigenvalue weighted by molar-refractivity contribution is 0.401. The Kier molecular flexibility index (Phi) is 4.18. The molecular weight excluding hydrogens is 357 g/mol. The van der Waals surface area contributed by atoms with Gasteiger partial charge in [0.1, 0.15) is 22.1 Å². The largest absolute Gasteiger partial charge is 0.495 e. The number of anilines is 1. The molecule has 0 atom stereocenters. The predicted molar refractivity (Wildman–Crippen MR) is 98.5 cm³/mol. The number of pyridine rings is 1. The summed E-state index contributed by atoms with van der Waals surface area (Å²) in [7, 11) is -2.26. The fraction of sp³-hybridized carbons (Fsp3) is 0.278. The second kappa shape index (κ2) is 5.98. The molecule has 26 heavy (non-hydrogen) atoms. The van der Waals surface area contributed by atoms with Crippen LogP contribution in [0.1, 0.15) is 20.8 Å². The topological polar surface area (TPSA) is 86.7 Å². The van der Waals surface area contributed by atoms with Crippen molar-refractivity contribution in [1.82, 2.24) is 9.38 Å². The van der Waals surface area contributed by atoms with E-state index in [-0.39, 0.29) is 16.3 Å². The molecule has 3 aromatic rings. The van der Waals surface area contributed by atoms with Crippen LogP contribution < -0.4 is 10.5 Å². The van der Waals surface area contributed by atoms with Crippen molar-refractivity contribution >= 4 is 21.2 Å². The first-order chi connectivity index (χ1) is 12.1. The van der Waals surface area contributed by atoms with Gasteiger partial charge in [-0.2, -0.15) is 0 Å². The number of imidazole rings is 1. The average molecular weight is 377 g/mol. The van der Waals surface area contributed by atoms with Crippen LogP contribution in [-0.2, 0) is 9.84 Å². The molecular formula is C18H20FN3O3S. The van der Waals surface area contributed by atoms with Gasteiger partial charge in [-0.15, -0.1) is 0 Å². The lowest BCUT2D eigenvalue weighted by Gasteiger charge is -2.21. The maximum atomic E-state index is 13.8. The molecule has 138 valence electrons. The third-order valence-electron chi connectivity index (χ3n) is 4.19. The van der Waals surface area contributed by atoms with Gasteiger partial charge in [-0.3, -0.25) is 4.40 Å². The van der Waals surface area contributed by atoms with Gasteiger partial charge in [0.2, 0.25) is 0 Å². The molecule has 0 aliphatic heterocycles. The van der Waals surface area contributed by atoms with Gasteiger partial charge in [0.15, 0.2) is 9.84 Å². The van der Waals surface area contributed by atoms with E-state index in [2.05, 4.69) is 4.98 Å². The van der Waals surface area contributed by atoms with Crippen molar-refractivity contribution < 1.29 is 17.5 Å². The van der Waals surface area contributed by atoms with Crippen LogP contribution in [0.25, 0.3) is 16.9 Å². The third-order valence-corrected chi connectivity index (χ3v) is 6.68. The second-order valence-corrected chi connectivity index (χ2v) is 9.60. The number of hydrogen-bond acceptors (Lipinski definition) is 5. The zero-order chi connectivity index (χ0) is 19.3. The van der Waals surface area contributed by atoms with Crippen molar-refractivity contribution in [3.05, 3.63) is 42.5 Å². The second-order valence-electron chi connectivity index (χ2n) is 6.93. The first-order valence-corrected chi connectivity index (χ1v) is 9.39. The summed E-state index contributed by atoms with van der Waals surface area (Å²) in [6, 6.07) is 5.96. The molecule has 0 fully saturated rings. The molecule has 0 aliphatic carbocycles. The summed E-state index contributed by atoms with van der Waals surface area (Å²) in [5.74, 6) is -0.332. The minimum Gasteiger partial charge on any atom is -0.495 e. The predicted octanol–water partition coefficient (Wildman–Crippen LogP) is 3.30. The van der Waals surface area contributed by atoms with Crippen molar-refractivity contribution in [1.29, 1.82) is 0 Å². The standard InChI is InChI=1S/C18H20FN3O3S/c1-18(2,3)26(23,24)16-10-22-14(9-21-17(22)8-15(16)25-4)11-5-6-13(20)12(19)7-11/h5-10H,20H2,1-4H3. The molecule has 8 heteroatoms. The fourth-order valence-electron chi connectivity index (χ4n) is 2.58. The van der Waals surface area contributed by atoms with Gasteiger partial charge in [0, 0.05) is 17.8 Å². The van der Waals surface area contributed by atoms with Crippen LogP contribution in [0.4, 0.5) is 10.1 Å². The van der Waals surface area contributed by atoms with Gasteiger partial charge in [0.25, 0.3) is 0 Å². The SMILES string of the molecule is COc1cc2ncc(-c3ccc(N)c(F)c3)n2cc1S(=O)(=O)C(C)(C)C. The Hall–Kier alpha value is -2.61. The summed E-state index contributed by atoms with van der Waals surface area (Å²) < 4.78 is 45.6. The van der Waals surface area contributed by atoms with E-state index in [4.69, 9.17) is 10.5 Å². The zero-order valence-electron chi connectivity index (χ0n) is 14.9. The number of nitrogens with two attached hydrogens (primary N) is 1. The van der Waals surface area contributed by atoms with E-state index in [0.717, 1.165) is 0 Å². The van der Waals surface area contributed by atoms with Gasteiger partial charge in [-0.05, 0) is 32.9 Å². The Morgan fingerprint density at radius 2 is 1.92 bits per heavy atom. The van der Waals surface area contributed by atoms with E-state index in [1.54, 1.807) is 43.5 Å². The molecule has 0 saturated carbocycles. The molecule has 2 aromatic heterocycles. The highest BCUT2D eigenvalue weighted by Gasteiger charge is 2.34. The highest BCUT2D eigenvalue weighted by atomic mass is 32.2. The first-order valence-electron chi connectivity index (χ1n) is 7.91. The molecule has 2 heterocycles. The molecule has 6 nitrogen and oxygen atoms in total. The molecule has 0 unspecified atom stereocenters. The molecule has 0 saturated heterocycles. The Balaban J connectivity index is 2.30. The maximum Gasteiger partial charge on any atom is 0.188 e. The lowest BCUT2D eigenvalue weighted by Crippen LogP contribution is -2.28. The minimum atomic E-state index is -3.67. The van der Waals surface area contributed by atoms with E-state index in [1.807, 2.05) is 0 Å². The molecule has 0 spiro atoms. The highest BCUT2D eigenvalue weighted by molar-refractivity contribution is 7.92. The quantitative estimate of drug-likeness (QED) is 0.708. The Morgan fingerprint density at radius 3 is 2.50 bits per heavy atom. The summed E-state index contributed by atoms with van der Waals surface area (Å²) in [6.07, 6.45) is 3.01. The number of nitrogen functional groups attached to an aromatic ring is 1. The van der Waals surface area contributed by atoms with Crippen molar-refractivity contribution in [2.24, 2.45) is 0 Å².